The summed E-state index contributed by atoms with van der Waals surface area (Å²) in [6.45, 7) is 0.865. The van der Waals surface area contributed by atoms with E-state index in [2.05, 4.69) is 47.5 Å². The van der Waals surface area contributed by atoms with Crippen LogP contribution in [0.1, 0.15) is 4.88 Å². The Morgan fingerprint density at radius 3 is 3.07 bits per heavy atom. The molecule has 0 atom stereocenters. The van der Waals surface area contributed by atoms with Crippen LogP contribution in [0.25, 0.3) is 0 Å². The quantitative estimate of drug-likeness (QED) is 0.940. The predicted molar refractivity (Wildman–Crippen MR) is 61.9 cm³/mol. The summed E-state index contributed by atoms with van der Waals surface area (Å²) in [5, 5.41) is 13.3. The van der Waals surface area contributed by atoms with Crippen LogP contribution in [0.4, 0.5) is 5.13 Å². The number of hydrogen-bond donors (Lipinski definition) is 1. The first-order valence-corrected chi connectivity index (χ1v) is 6.41. The van der Waals surface area contributed by atoms with Gasteiger partial charge in [0.1, 0.15) is 0 Å². The van der Waals surface area contributed by atoms with Crippen LogP contribution in [0.3, 0.4) is 0 Å². The summed E-state index contributed by atoms with van der Waals surface area (Å²) in [5.41, 5.74) is 0. The monoisotopic (exact) mass is 290 g/mol. The van der Waals surface area contributed by atoms with Gasteiger partial charge in [-0.3, -0.25) is 0 Å². The van der Waals surface area contributed by atoms with E-state index in [1.807, 2.05) is 0 Å². The van der Waals surface area contributed by atoms with E-state index in [-0.39, 0.29) is 0 Å². The van der Waals surface area contributed by atoms with Crippen LogP contribution in [0.5, 0.6) is 0 Å². The largest absolute Gasteiger partial charge is 0.358 e. The third-order valence-electron chi connectivity index (χ3n) is 1.57. The number of halogens is 1. The van der Waals surface area contributed by atoms with Gasteiger partial charge in [-0.25, -0.2) is 0 Å². The van der Waals surface area contributed by atoms with E-state index in [1.165, 1.54) is 16.4 Å². The Labute approximate surface area is 97.7 Å². The number of aromatic nitrogens is 3. The highest BCUT2D eigenvalue weighted by Gasteiger charge is 1.99. The van der Waals surface area contributed by atoms with Gasteiger partial charge in [0.25, 0.3) is 0 Å². The molecule has 0 aliphatic carbocycles. The molecular weight excluding hydrogens is 284 g/mol. The lowest BCUT2D eigenvalue weighted by Crippen LogP contribution is -2.03. The first-order valence-electron chi connectivity index (χ1n) is 3.96. The van der Waals surface area contributed by atoms with Crippen molar-refractivity contribution in [2.45, 2.75) is 6.42 Å². The van der Waals surface area contributed by atoms with Crippen LogP contribution in [0, 0.1) is 0 Å². The Morgan fingerprint density at radius 1 is 1.50 bits per heavy atom. The number of anilines is 1. The summed E-state index contributed by atoms with van der Waals surface area (Å²) in [5.74, 6) is 0. The number of thiophene rings is 1. The molecule has 4 nitrogen and oxygen atoms in total. The third-order valence-corrected chi connectivity index (χ3v) is 3.88. The molecule has 0 spiro atoms. The molecule has 2 aromatic rings. The van der Waals surface area contributed by atoms with Gasteiger partial charge in [-0.1, -0.05) is 9.59 Å². The van der Waals surface area contributed by atoms with Gasteiger partial charge in [-0.2, -0.15) is 0 Å². The minimum atomic E-state index is 0.778. The van der Waals surface area contributed by atoms with Gasteiger partial charge in [-0.05, 0) is 33.6 Å². The zero-order valence-corrected chi connectivity index (χ0v) is 10.3. The average molecular weight is 291 g/mol. The van der Waals surface area contributed by atoms with E-state index in [1.54, 1.807) is 11.3 Å². The van der Waals surface area contributed by atoms with E-state index < -0.39 is 0 Å². The van der Waals surface area contributed by atoms with Crippen LogP contribution in [-0.2, 0) is 6.42 Å². The van der Waals surface area contributed by atoms with E-state index in [4.69, 9.17) is 0 Å². The van der Waals surface area contributed by atoms with Crippen molar-refractivity contribution in [3.05, 3.63) is 20.8 Å². The second-order valence-corrected chi connectivity index (χ2v) is 5.22. The van der Waals surface area contributed by atoms with Crippen molar-refractivity contribution in [1.82, 2.24) is 14.8 Å². The van der Waals surface area contributed by atoms with Crippen LogP contribution < -0.4 is 5.32 Å². The Hall–Kier alpha value is -0.530. The standard InChI is InChI=1S/C7H7BrN4S2/c8-5-3-6(13-4-5)1-2-9-7-10-11-12-14-7/h3-4H,1-2H2,(H,9,10,12). The molecule has 14 heavy (non-hydrogen) atoms. The molecule has 0 aliphatic rings. The predicted octanol–water partition coefficient (Wildman–Crippen LogP) is 2.41. The lowest BCUT2D eigenvalue weighted by Gasteiger charge is -1.97. The molecule has 0 radical (unpaired) electrons. The number of nitrogens with zero attached hydrogens (tertiary/aromatic N) is 3. The number of nitrogens with one attached hydrogen (secondary N) is 1. The van der Waals surface area contributed by atoms with E-state index >= 15 is 0 Å². The van der Waals surface area contributed by atoms with Crippen LogP contribution in [-0.4, -0.2) is 21.3 Å². The molecule has 74 valence electrons. The van der Waals surface area contributed by atoms with Crippen molar-refractivity contribution in [2.75, 3.05) is 11.9 Å². The molecule has 0 amide bonds. The van der Waals surface area contributed by atoms with Crippen molar-refractivity contribution in [1.29, 1.82) is 0 Å². The molecule has 7 heteroatoms. The molecule has 2 aromatic heterocycles. The summed E-state index contributed by atoms with van der Waals surface area (Å²) in [6, 6.07) is 2.13. The summed E-state index contributed by atoms with van der Waals surface area (Å²) >= 11 is 6.45. The average Bonchev–Trinajstić information content (AvgIpc) is 2.77. The first-order chi connectivity index (χ1) is 6.84. The lowest BCUT2D eigenvalue weighted by molar-refractivity contribution is 0.944. The zero-order chi connectivity index (χ0) is 9.80. The number of rotatable bonds is 4. The summed E-state index contributed by atoms with van der Waals surface area (Å²) < 4.78 is 4.81. The molecule has 2 rings (SSSR count). The molecule has 0 unspecified atom stereocenters. The molecular formula is C7H7BrN4S2. The minimum absolute atomic E-state index is 0.778. The maximum Gasteiger partial charge on any atom is 0.225 e. The topological polar surface area (TPSA) is 50.7 Å². The van der Waals surface area contributed by atoms with Crippen molar-refractivity contribution < 1.29 is 0 Å². The Bertz CT molecular complexity index is 386. The molecule has 0 bridgehead atoms. The maximum absolute atomic E-state index is 3.79. The van der Waals surface area contributed by atoms with Crippen molar-refractivity contribution in [2.24, 2.45) is 0 Å². The molecule has 2 heterocycles. The molecule has 0 saturated heterocycles. The zero-order valence-electron chi connectivity index (χ0n) is 7.11. The van der Waals surface area contributed by atoms with Gasteiger partial charge in [0, 0.05) is 32.8 Å². The highest BCUT2D eigenvalue weighted by Crippen LogP contribution is 2.20. The number of hydrogen-bond acceptors (Lipinski definition) is 6. The minimum Gasteiger partial charge on any atom is -0.358 e. The van der Waals surface area contributed by atoms with Gasteiger partial charge < -0.3 is 5.32 Å². The van der Waals surface area contributed by atoms with E-state index in [0.29, 0.717) is 0 Å². The lowest BCUT2D eigenvalue weighted by atomic mass is 10.3. The second kappa shape index (κ2) is 4.81. The first kappa shape index (κ1) is 10.0. The fraction of sp³-hybridized carbons (Fsp3) is 0.286. The molecule has 0 aromatic carbocycles. The van der Waals surface area contributed by atoms with Gasteiger partial charge in [0.05, 0.1) is 0 Å². The summed E-state index contributed by atoms with van der Waals surface area (Å²) in [7, 11) is 0. The fourth-order valence-corrected chi connectivity index (χ4v) is 2.82. The SMILES string of the molecule is Brc1csc(CCNc2nnns2)c1. The molecule has 0 saturated carbocycles. The Morgan fingerprint density at radius 2 is 2.43 bits per heavy atom. The van der Waals surface area contributed by atoms with E-state index in [0.717, 1.165) is 22.6 Å². The van der Waals surface area contributed by atoms with Gasteiger partial charge in [0.2, 0.25) is 5.13 Å². The van der Waals surface area contributed by atoms with Gasteiger partial charge >= 0.3 is 0 Å². The molecule has 1 N–H and O–H groups in total. The highest BCUT2D eigenvalue weighted by atomic mass is 79.9. The van der Waals surface area contributed by atoms with Crippen molar-refractivity contribution in [3.8, 4) is 0 Å². The second-order valence-electron chi connectivity index (χ2n) is 2.58. The van der Waals surface area contributed by atoms with Crippen LogP contribution in [0.15, 0.2) is 15.9 Å². The van der Waals surface area contributed by atoms with Crippen LogP contribution >= 0.6 is 38.8 Å². The van der Waals surface area contributed by atoms with E-state index in [9.17, 15) is 0 Å². The van der Waals surface area contributed by atoms with Gasteiger partial charge in [-0.15, -0.1) is 11.3 Å². The van der Waals surface area contributed by atoms with Crippen molar-refractivity contribution in [3.63, 3.8) is 0 Å². The van der Waals surface area contributed by atoms with Gasteiger partial charge in [0.15, 0.2) is 0 Å². The normalized spacial score (nSPS) is 10.4. The fourth-order valence-electron chi connectivity index (χ4n) is 0.979. The van der Waals surface area contributed by atoms with Crippen LogP contribution in [0.2, 0.25) is 0 Å². The Kier molecular flexibility index (Phi) is 3.44. The molecule has 0 aliphatic heterocycles. The maximum atomic E-state index is 3.79. The van der Waals surface area contributed by atoms with Crippen molar-refractivity contribution >= 4 is 43.9 Å². The Balaban J connectivity index is 1.78. The molecule has 0 fully saturated rings. The third kappa shape index (κ3) is 2.73. The highest BCUT2D eigenvalue weighted by molar-refractivity contribution is 9.10. The summed E-state index contributed by atoms with van der Waals surface area (Å²) in [4.78, 5) is 1.35. The summed E-state index contributed by atoms with van der Waals surface area (Å²) in [6.07, 6.45) is 0.996. The smallest absolute Gasteiger partial charge is 0.225 e.